The summed E-state index contributed by atoms with van der Waals surface area (Å²) in [6, 6.07) is 7.71. The molecular weight excluding hydrogens is 324 g/mol. The topological polar surface area (TPSA) is 59.6 Å². The van der Waals surface area contributed by atoms with E-state index >= 15 is 0 Å². The summed E-state index contributed by atoms with van der Waals surface area (Å²) in [7, 11) is 1.60. The molecule has 6 heteroatoms. The average molecular weight is 341 g/mol. The minimum atomic E-state index is -0.636. The smallest absolute Gasteiger partial charge is 0.256 e. The number of hydroxylamine groups is 1. The molecule has 1 heterocycles. The summed E-state index contributed by atoms with van der Waals surface area (Å²) in [6.45, 7) is 2.34. The van der Waals surface area contributed by atoms with Gasteiger partial charge in [-0.25, -0.2) is 0 Å². The standard InChI is InChI=1S/C14H17BrN2O3/c1-9(8-19-2)16-14(18)13-7-12(17-20-13)10-4-3-5-11(15)6-10/h3-7,9,13,17H,8H2,1-2H3,(H,16,18)/t9-,13-/m0/s1. The fraction of sp³-hybridized carbons (Fsp3) is 0.357. The highest BCUT2D eigenvalue weighted by Gasteiger charge is 2.25. The van der Waals surface area contributed by atoms with Gasteiger partial charge in [0.25, 0.3) is 5.91 Å². The molecule has 108 valence electrons. The van der Waals surface area contributed by atoms with Crippen LogP contribution in [0.2, 0.25) is 0 Å². The van der Waals surface area contributed by atoms with E-state index in [0.717, 1.165) is 15.7 Å². The number of hydrogen-bond acceptors (Lipinski definition) is 4. The molecule has 0 aromatic heterocycles. The van der Waals surface area contributed by atoms with Gasteiger partial charge >= 0.3 is 0 Å². The van der Waals surface area contributed by atoms with E-state index < -0.39 is 6.10 Å². The molecule has 0 saturated carbocycles. The normalized spacial score (nSPS) is 19.1. The Balaban J connectivity index is 2.01. The lowest BCUT2D eigenvalue weighted by molar-refractivity contribution is -0.132. The van der Waals surface area contributed by atoms with Gasteiger partial charge in [-0.05, 0) is 25.1 Å². The minimum absolute atomic E-state index is 0.0561. The number of nitrogens with one attached hydrogen (secondary N) is 2. The Labute approximate surface area is 126 Å². The highest BCUT2D eigenvalue weighted by Crippen LogP contribution is 2.21. The summed E-state index contributed by atoms with van der Waals surface area (Å²) in [5.41, 5.74) is 4.53. The van der Waals surface area contributed by atoms with E-state index in [4.69, 9.17) is 9.57 Å². The zero-order valence-electron chi connectivity index (χ0n) is 11.4. The van der Waals surface area contributed by atoms with Gasteiger partial charge in [-0.1, -0.05) is 28.1 Å². The van der Waals surface area contributed by atoms with Gasteiger partial charge in [-0.2, -0.15) is 0 Å². The minimum Gasteiger partial charge on any atom is -0.383 e. The number of hydrogen-bond donors (Lipinski definition) is 2. The molecule has 0 radical (unpaired) electrons. The Morgan fingerprint density at radius 2 is 2.40 bits per heavy atom. The van der Waals surface area contributed by atoms with Crippen molar-refractivity contribution in [3.8, 4) is 0 Å². The van der Waals surface area contributed by atoms with E-state index in [1.54, 1.807) is 13.2 Å². The number of halogens is 1. The van der Waals surface area contributed by atoms with Crippen LogP contribution in [-0.2, 0) is 14.4 Å². The molecule has 1 aliphatic heterocycles. The van der Waals surface area contributed by atoms with Crippen molar-refractivity contribution in [1.29, 1.82) is 0 Å². The summed E-state index contributed by atoms with van der Waals surface area (Å²) in [5, 5.41) is 2.82. The highest BCUT2D eigenvalue weighted by atomic mass is 79.9. The van der Waals surface area contributed by atoms with Crippen molar-refractivity contribution < 1.29 is 14.4 Å². The predicted molar refractivity (Wildman–Crippen MR) is 79.6 cm³/mol. The molecule has 1 amide bonds. The van der Waals surface area contributed by atoms with Crippen LogP contribution in [0.5, 0.6) is 0 Å². The summed E-state index contributed by atoms with van der Waals surface area (Å²) in [5.74, 6) is -0.188. The van der Waals surface area contributed by atoms with Crippen LogP contribution in [0, 0.1) is 0 Å². The Morgan fingerprint density at radius 1 is 1.60 bits per heavy atom. The van der Waals surface area contributed by atoms with Crippen LogP contribution in [-0.4, -0.2) is 31.8 Å². The van der Waals surface area contributed by atoms with E-state index in [-0.39, 0.29) is 11.9 Å². The number of methoxy groups -OCH3 is 1. The lowest BCUT2D eigenvalue weighted by atomic mass is 10.1. The second kappa shape index (κ2) is 6.88. The molecule has 0 bridgehead atoms. The van der Waals surface area contributed by atoms with Crippen LogP contribution in [0.25, 0.3) is 5.70 Å². The quantitative estimate of drug-likeness (QED) is 0.858. The molecule has 2 atom stereocenters. The molecule has 1 aliphatic rings. The first-order chi connectivity index (χ1) is 9.60. The zero-order chi connectivity index (χ0) is 14.5. The molecule has 0 fully saturated rings. The Morgan fingerprint density at radius 3 is 3.10 bits per heavy atom. The molecule has 5 nitrogen and oxygen atoms in total. The largest absolute Gasteiger partial charge is 0.383 e. The van der Waals surface area contributed by atoms with Crippen molar-refractivity contribution in [3.05, 3.63) is 40.4 Å². The SMILES string of the molecule is COC[C@H](C)NC(=O)[C@@H]1C=C(c2cccc(Br)c2)NO1. The Hall–Kier alpha value is -1.37. The van der Waals surface area contributed by atoms with E-state index in [1.165, 1.54) is 0 Å². The summed E-state index contributed by atoms with van der Waals surface area (Å²) >= 11 is 3.41. The van der Waals surface area contributed by atoms with Crippen molar-refractivity contribution in [2.45, 2.75) is 19.1 Å². The van der Waals surface area contributed by atoms with E-state index in [2.05, 4.69) is 26.7 Å². The molecular formula is C14H17BrN2O3. The third-order valence-corrected chi connectivity index (χ3v) is 3.31. The van der Waals surface area contributed by atoms with Crippen LogP contribution in [0.3, 0.4) is 0 Å². The van der Waals surface area contributed by atoms with Crippen LogP contribution >= 0.6 is 15.9 Å². The summed E-state index contributed by atoms with van der Waals surface area (Å²) in [6.07, 6.45) is 1.12. The fourth-order valence-electron chi connectivity index (χ4n) is 1.90. The fourth-order valence-corrected chi connectivity index (χ4v) is 2.30. The third kappa shape index (κ3) is 3.82. The van der Waals surface area contributed by atoms with Crippen molar-refractivity contribution in [2.75, 3.05) is 13.7 Å². The van der Waals surface area contributed by atoms with Gasteiger partial charge in [0.1, 0.15) is 0 Å². The van der Waals surface area contributed by atoms with Gasteiger partial charge in [0, 0.05) is 23.2 Å². The van der Waals surface area contributed by atoms with E-state index in [0.29, 0.717) is 6.61 Å². The summed E-state index contributed by atoms with van der Waals surface area (Å²) in [4.78, 5) is 17.3. The van der Waals surface area contributed by atoms with Crippen molar-refractivity contribution >= 4 is 27.5 Å². The van der Waals surface area contributed by atoms with Crippen molar-refractivity contribution in [2.24, 2.45) is 0 Å². The molecule has 0 aliphatic carbocycles. The second-order valence-corrected chi connectivity index (χ2v) is 5.51. The first-order valence-corrected chi connectivity index (χ1v) is 7.08. The van der Waals surface area contributed by atoms with Crippen LogP contribution < -0.4 is 10.8 Å². The predicted octanol–water partition coefficient (Wildman–Crippen LogP) is 1.84. The molecule has 20 heavy (non-hydrogen) atoms. The highest BCUT2D eigenvalue weighted by molar-refractivity contribution is 9.10. The number of rotatable bonds is 5. The number of ether oxygens (including phenoxy) is 1. The second-order valence-electron chi connectivity index (χ2n) is 4.60. The lowest BCUT2D eigenvalue weighted by Gasteiger charge is -2.14. The van der Waals surface area contributed by atoms with Gasteiger partial charge in [-0.15, -0.1) is 0 Å². The van der Waals surface area contributed by atoms with Gasteiger partial charge in [0.15, 0.2) is 6.10 Å². The molecule has 0 spiro atoms. The maximum absolute atomic E-state index is 12.0. The summed E-state index contributed by atoms with van der Waals surface area (Å²) < 4.78 is 5.95. The molecule has 2 rings (SSSR count). The third-order valence-electron chi connectivity index (χ3n) is 2.81. The van der Waals surface area contributed by atoms with Crippen molar-refractivity contribution in [3.63, 3.8) is 0 Å². The first-order valence-electron chi connectivity index (χ1n) is 6.29. The first kappa shape index (κ1) is 15.0. The lowest BCUT2D eigenvalue weighted by Crippen LogP contribution is -2.42. The molecule has 1 aromatic carbocycles. The van der Waals surface area contributed by atoms with Gasteiger partial charge < -0.3 is 10.1 Å². The van der Waals surface area contributed by atoms with Gasteiger partial charge in [0.05, 0.1) is 12.3 Å². The number of carbonyl (C=O) groups excluding carboxylic acids is 1. The van der Waals surface area contributed by atoms with E-state index in [9.17, 15) is 4.79 Å². The van der Waals surface area contributed by atoms with Crippen LogP contribution in [0.4, 0.5) is 0 Å². The van der Waals surface area contributed by atoms with Crippen LogP contribution in [0.15, 0.2) is 34.8 Å². The molecule has 0 saturated heterocycles. The van der Waals surface area contributed by atoms with Gasteiger partial charge in [-0.3, -0.25) is 15.1 Å². The zero-order valence-corrected chi connectivity index (χ0v) is 12.9. The Kier molecular flexibility index (Phi) is 5.17. The van der Waals surface area contributed by atoms with Gasteiger partial charge in [0.2, 0.25) is 0 Å². The molecule has 2 N–H and O–H groups in total. The average Bonchev–Trinajstić information content (AvgIpc) is 2.88. The molecule has 1 aromatic rings. The molecule has 0 unspecified atom stereocenters. The van der Waals surface area contributed by atoms with Crippen molar-refractivity contribution in [1.82, 2.24) is 10.8 Å². The maximum atomic E-state index is 12.0. The maximum Gasteiger partial charge on any atom is 0.256 e. The Bertz CT molecular complexity index is 519. The van der Waals surface area contributed by atoms with E-state index in [1.807, 2.05) is 31.2 Å². The van der Waals surface area contributed by atoms with Crippen LogP contribution in [0.1, 0.15) is 12.5 Å². The monoisotopic (exact) mass is 340 g/mol. The number of carbonyl (C=O) groups is 1. The number of amides is 1. The number of benzene rings is 1.